The van der Waals surface area contributed by atoms with Crippen LogP contribution >= 0.6 is 11.3 Å². The van der Waals surface area contributed by atoms with Gasteiger partial charge >= 0.3 is 5.97 Å². The van der Waals surface area contributed by atoms with Gasteiger partial charge in [-0.1, -0.05) is 12.1 Å². The molecule has 2 aromatic rings. The fraction of sp³-hybridized carbons (Fsp3) is 0.231. The van der Waals surface area contributed by atoms with Gasteiger partial charge in [0.1, 0.15) is 11.6 Å². The van der Waals surface area contributed by atoms with E-state index in [0.717, 1.165) is 0 Å². The number of thiazole rings is 1. The minimum atomic E-state index is -1.02. The SMILES string of the molecule is Cc1sc(C2COc3ccccc3O2)nc1C(=O)O. The lowest BCUT2D eigenvalue weighted by Gasteiger charge is -2.24. The Bertz CT molecular complexity index is 637. The number of fused-ring (bicyclic) bond motifs is 1. The van der Waals surface area contributed by atoms with Crippen LogP contribution in [0.25, 0.3) is 0 Å². The van der Waals surface area contributed by atoms with Crippen molar-refractivity contribution < 1.29 is 19.4 Å². The fourth-order valence-corrected chi connectivity index (χ4v) is 2.82. The van der Waals surface area contributed by atoms with E-state index >= 15 is 0 Å². The molecular formula is C13H11NO4S. The van der Waals surface area contributed by atoms with E-state index in [0.29, 0.717) is 28.0 Å². The molecule has 1 aliphatic rings. The van der Waals surface area contributed by atoms with Gasteiger partial charge in [-0.3, -0.25) is 0 Å². The summed E-state index contributed by atoms with van der Waals surface area (Å²) in [5.74, 6) is 0.339. The van der Waals surface area contributed by atoms with Gasteiger partial charge in [-0.05, 0) is 19.1 Å². The van der Waals surface area contributed by atoms with E-state index in [1.807, 2.05) is 24.3 Å². The topological polar surface area (TPSA) is 68.7 Å². The summed E-state index contributed by atoms with van der Waals surface area (Å²) < 4.78 is 11.4. The van der Waals surface area contributed by atoms with E-state index in [1.54, 1.807) is 6.92 Å². The zero-order valence-electron chi connectivity index (χ0n) is 10.1. The fourth-order valence-electron chi connectivity index (χ4n) is 1.89. The van der Waals surface area contributed by atoms with Gasteiger partial charge in [0, 0.05) is 4.88 Å². The van der Waals surface area contributed by atoms with Crippen molar-refractivity contribution in [3.63, 3.8) is 0 Å². The van der Waals surface area contributed by atoms with Gasteiger partial charge in [0.15, 0.2) is 23.3 Å². The first-order valence-corrected chi connectivity index (χ1v) is 6.56. The Hall–Kier alpha value is -2.08. The first-order valence-electron chi connectivity index (χ1n) is 5.74. The molecule has 3 rings (SSSR count). The minimum absolute atomic E-state index is 0.0856. The molecule has 1 aromatic heterocycles. The number of carbonyl (C=O) groups is 1. The number of aromatic nitrogens is 1. The molecular weight excluding hydrogens is 266 g/mol. The van der Waals surface area contributed by atoms with Gasteiger partial charge in [0.25, 0.3) is 0 Å². The number of hydrogen-bond donors (Lipinski definition) is 1. The first kappa shape index (κ1) is 12.0. The Labute approximate surface area is 113 Å². The zero-order chi connectivity index (χ0) is 13.4. The van der Waals surface area contributed by atoms with Crippen LogP contribution in [-0.4, -0.2) is 22.7 Å². The highest BCUT2D eigenvalue weighted by Gasteiger charge is 2.27. The van der Waals surface area contributed by atoms with E-state index in [-0.39, 0.29) is 11.8 Å². The lowest BCUT2D eigenvalue weighted by atomic mass is 10.2. The van der Waals surface area contributed by atoms with E-state index in [4.69, 9.17) is 14.6 Å². The van der Waals surface area contributed by atoms with Crippen LogP contribution < -0.4 is 9.47 Å². The number of aromatic carboxylic acids is 1. The van der Waals surface area contributed by atoms with Crippen LogP contribution in [0.1, 0.15) is 26.5 Å². The lowest BCUT2D eigenvalue weighted by molar-refractivity contribution is 0.0687. The maximum absolute atomic E-state index is 11.0. The van der Waals surface area contributed by atoms with Crippen LogP contribution in [0.2, 0.25) is 0 Å². The quantitative estimate of drug-likeness (QED) is 0.914. The summed E-state index contributed by atoms with van der Waals surface area (Å²) in [5.41, 5.74) is 0.0856. The first-order chi connectivity index (χ1) is 9.15. The van der Waals surface area contributed by atoms with Crippen LogP contribution in [0.3, 0.4) is 0 Å². The molecule has 0 radical (unpaired) electrons. The maximum atomic E-state index is 11.0. The van der Waals surface area contributed by atoms with Gasteiger partial charge in [-0.2, -0.15) is 0 Å². The molecule has 1 aliphatic heterocycles. The Morgan fingerprint density at radius 2 is 2.16 bits per heavy atom. The lowest BCUT2D eigenvalue weighted by Crippen LogP contribution is -2.21. The summed E-state index contributed by atoms with van der Waals surface area (Å²) in [6.07, 6.45) is -0.355. The van der Waals surface area contributed by atoms with E-state index in [1.165, 1.54) is 11.3 Å². The van der Waals surface area contributed by atoms with Crippen molar-refractivity contribution in [2.75, 3.05) is 6.61 Å². The van der Waals surface area contributed by atoms with Crippen molar-refractivity contribution >= 4 is 17.3 Å². The van der Waals surface area contributed by atoms with Gasteiger partial charge in [-0.15, -0.1) is 11.3 Å². The molecule has 5 nitrogen and oxygen atoms in total. The molecule has 98 valence electrons. The number of carboxylic acids is 1. The largest absolute Gasteiger partial charge is 0.485 e. The molecule has 0 bridgehead atoms. The third-order valence-corrected chi connectivity index (χ3v) is 3.86. The van der Waals surface area contributed by atoms with Crippen LogP contribution in [0.5, 0.6) is 11.5 Å². The molecule has 1 aromatic carbocycles. The molecule has 1 N–H and O–H groups in total. The molecule has 2 heterocycles. The highest BCUT2D eigenvalue weighted by Crippen LogP contribution is 2.37. The normalized spacial score (nSPS) is 17.2. The molecule has 1 unspecified atom stereocenters. The maximum Gasteiger partial charge on any atom is 0.355 e. The minimum Gasteiger partial charge on any atom is -0.485 e. The molecule has 0 fully saturated rings. The molecule has 0 spiro atoms. The highest BCUT2D eigenvalue weighted by atomic mass is 32.1. The van der Waals surface area contributed by atoms with Crippen LogP contribution in [0.4, 0.5) is 0 Å². The van der Waals surface area contributed by atoms with Crippen LogP contribution in [-0.2, 0) is 0 Å². The summed E-state index contributed by atoms with van der Waals surface area (Å²) >= 11 is 1.33. The summed E-state index contributed by atoms with van der Waals surface area (Å²) in [5, 5.41) is 9.64. The molecule has 1 atom stereocenters. The number of hydrogen-bond acceptors (Lipinski definition) is 5. The number of carboxylic acid groups (broad SMARTS) is 1. The number of rotatable bonds is 2. The van der Waals surface area contributed by atoms with Crippen molar-refractivity contribution in [2.24, 2.45) is 0 Å². The molecule has 0 saturated carbocycles. The van der Waals surface area contributed by atoms with E-state index in [9.17, 15) is 4.79 Å². The zero-order valence-corrected chi connectivity index (χ0v) is 10.9. The molecule has 6 heteroatoms. The van der Waals surface area contributed by atoms with Crippen molar-refractivity contribution in [2.45, 2.75) is 13.0 Å². The molecule has 0 amide bonds. The van der Waals surface area contributed by atoms with Gasteiger partial charge in [-0.25, -0.2) is 9.78 Å². The second-order valence-corrected chi connectivity index (χ2v) is 5.36. The predicted molar refractivity (Wildman–Crippen MR) is 69.1 cm³/mol. The molecule has 19 heavy (non-hydrogen) atoms. The van der Waals surface area contributed by atoms with Gasteiger partial charge < -0.3 is 14.6 Å². The van der Waals surface area contributed by atoms with Crippen molar-refractivity contribution in [1.82, 2.24) is 4.98 Å². The third-order valence-electron chi connectivity index (χ3n) is 2.80. The summed E-state index contributed by atoms with van der Waals surface area (Å²) in [7, 11) is 0. The van der Waals surface area contributed by atoms with Gasteiger partial charge in [0.05, 0.1) is 0 Å². The monoisotopic (exact) mass is 277 g/mol. The Morgan fingerprint density at radius 3 is 2.84 bits per heavy atom. The van der Waals surface area contributed by atoms with Crippen molar-refractivity contribution in [3.05, 3.63) is 39.8 Å². The van der Waals surface area contributed by atoms with Crippen LogP contribution in [0.15, 0.2) is 24.3 Å². The van der Waals surface area contributed by atoms with Crippen LogP contribution in [0, 0.1) is 6.92 Å². The molecule has 0 saturated heterocycles. The van der Waals surface area contributed by atoms with Crippen molar-refractivity contribution in [3.8, 4) is 11.5 Å². The summed E-state index contributed by atoms with van der Waals surface area (Å²) in [4.78, 5) is 15.8. The Kier molecular flexibility index (Phi) is 2.87. The van der Waals surface area contributed by atoms with Crippen molar-refractivity contribution in [1.29, 1.82) is 0 Å². The number of ether oxygens (including phenoxy) is 2. The average Bonchev–Trinajstić information content (AvgIpc) is 2.80. The average molecular weight is 277 g/mol. The number of para-hydroxylation sites is 2. The summed E-state index contributed by atoms with van der Waals surface area (Å²) in [6, 6.07) is 7.39. The number of benzene rings is 1. The molecule has 0 aliphatic carbocycles. The second-order valence-electron chi connectivity index (χ2n) is 4.13. The third kappa shape index (κ3) is 2.15. The van der Waals surface area contributed by atoms with E-state index in [2.05, 4.69) is 4.98 Å². The standard InChI is InChI=1S/C13H11NO4S/c1-7-11(13(15)16)14-12(19-7)10-6-17-8-4-2-3-5-9(8)18-10/h2-5,10H,6H2,1H3,(H,15,16). The highest BCUT2D eigenvalue weighted by molar-refractivity contribution is 7.11. The number of aryl methyl sites for hydroxylation is 1. The Morgan fingerprint density at radius 1 is 1.42 bits per heavy atom. The Balaban J connectivity index is 1.89. The van der Waals surface area contributed by atoms with E-state index < -0.39 is 5.97 Å². The smallest absolute Gasteiger partial charge is 0.355 e. The number of nitrogens with zero attached hydrogens (tertiary/aromatic N) is 1. The van der Waals surface area contributed by atoms with Gasteiger partial charge in [0.2, 0.25) is 0 Å². The summed E-state index contributed by atoms with van der Waals surface area (Å²) in [6.45, 7) is 2.07. The predicted octanol–water partition coefficient (Wildman–Crippen LogP) is 2.66. The second kappa shape index (κ2) is 4.55.